The summed E-state index contributed by atoms with van der Waals surface area (Å²) in [5.74, 6) is 0.694. The first-order chi connectivity index (χ1) is 4.55. The van der Waals surface area contributed by atoms with Crippen LogP contribution in [-0.2, 0) is 0 Å². The first kappa shape index (κ1) is 11.1. The molecule has 0 aromatic rings. The molecule has 1 aliphatic rings. The normalized spacial score (nSPS) is 19.4. The van der Waals surface area contributed by atoms with Crippen molar-refractivity contribution in [2.45, 2.75) is 34.6 Å². The monoisotopic (exact) mass is 144 g/mol. The maximum Gasteiger partial charge on any atom is 1.00 e. The van der Waals surface area contributed by atoms with Crippen LogP contribution in [-0.4, -0.2) is 0 Å². The molecule has 0 heterocycles. The summed E-state index contributed by atoms with van der Waals surface area (Å²) in [7, 11) is 0. The SMILES string of the molecule is CC1=C(C)C(C)C(C)=C1C.[H-].[Li+]. The molecule has 58 valence electrons. The van der Waals surface area contributed by atoms with Crippen LogP contribution in [0.2, 0.25) is 0 Å². The summed E-state index contributed by atoms with van der Waals surface area (Å²) in [4.78, 5) is 0. The summed E-state index contributed by atoms with van der Waals surface area (Å²) in [6.45, 7) is 11.2. The van der Waals surface area contributed by atoms with Crippen LogP contribution in [0.4, 0.5) is 0 Å². The van der Waals surface area contributed by atoms with Gasteiger partial charge in [-0.05, 0) is 44.8 Å². The molecule has 1 heteroatoms. The van der Waals surface area contributed by atoms with Crippen LogP contribution >= 0.6 is 0 Å². The summed E-state index contributed by atoms with van der Waals surface area (Å²) in [6, 6.07) is 0. The fraction of sp³-hybridized carbons (Fsp3) is 0.600. The summed E-state index contributed by atoms with van der Waals surface area (Å²) in [5.41, 5.74) is 6.11. The summed E-state index contributed by atoms with van der Waals surface area (Å²) < 4.78 is 0. The molecule has 0 saturated heterocycles. The van der Waals surface area contributed by atoms with Crippen molar-refractivity contribution >= 4 is 0 Å². The molecule has 0 aromatic heterocycles. The molecule has 0 aliphatic heterocycles. The van der Waals surface area contributed by atoms with Crippen molar-refractivity contribution in [3.8, 4) is 0 Å². The Morgan fingerprint density at radius 1 is 0.909 bits per heavy atom. The maximum atomic E-state index is 2.28. The molecule has 0 saturated carbocycles. The quantitative estimate of drug-likeness (QED) is 0.432. The Kier molecular flexibility index (Phi) is 3.68. The van der Waals surface area contributed by atoms with E-state index in [0.29, 0.717) is 5.92 Å². The van der Waals surface area contributed by atoms with Gasteiger partial charge in [0.2, 0.25) is 0 Å². The van der Waals surface area contributed by atoms with E-state index in [1.54, 1.807) is 11.1 Å². The predicted molar refractivity (Wildman–Crippen MR) is 47.0 cm³/mol. The zero-order chi connectivity index (χ0) is 7.89. The molecule has 0 spiro atoms. The van der Waals surface area contributed by atoms with Crippen LogP contribution in [0.5, 0.6) is 0 Å². The topological polar surface area (TPSA) is 0 Å². The van der Waals surface area contributed by atoms with Crippen molar-refractivity contribution in [3.05, 3.63) is 22.3 Å². The van der Waals surface area contributed by atoms with Gasteiger partial charge in [-0.15, -0.1) is 0 Å². The smallest absolute Gasteiger partial charge is 1.00 e. The molecule has 1 rings (SSSR count). The van der Waals surface area contributed by atoms with E-state index >= 15 is 0 Å². The standard InChI is InChI=1S/C10H16.Li.H/c1-6-7(2)9(4)10(5)8(6)3;;/h6H,1-5H3;;/q;+1;-1. The second kappa shape index (κ2) is 3.65. The molecule has 0 nitrogen and oxygen atoms in total. The fourth-order valence-electron chi connectivity index (χ4n) is 1.57. The zero-order valence-electron chi connectivity index (χ0n) is 9.58. The number of hydrogen-bond donors (Lipinski definition) is 0. The minimum Gasteiger partial charge on any atom is -1.00 e. The van der Waals surface area contributed by atoms with Gasteiger partial charge in [0.05, 0.1) is 0 Å². The molecule has 0 N–H and O–H groups in total. The zero-order valence-corrected chi connectivity index (χ0v) is 8.58. The predicted octanol–water partition coefficient (Wildman–Crippen LogP) is 0.425. The summed E-state index contributed by atoms with van der Waals surface area (Å²) >= 11 is 0. The van der Waals surface area contributed by atoms with E-state index in [4.69, 9.17) is 0 Å². The first-order valence-electron chi connectivity index (χ1n) is 3.90. The Morgan fingerprint density at radius 2 is 1.18 bits per heavy atom. The van der Waals surface area contributed by atoms with Crippen molar-refractivity contribution < 1.29 is 20.3 Å². The largest absolute Gasteiger partial charge is 1.00 e. The first-order valence-corrected chi connectivity index (χ1v) is 3.90. The van der Waals surface area contributed by atoms with Crippen molar-refractivity contribution in [3.63, 3.8) is 0 Å². The summed E-state index contributed by atoms with van der Waals surface area (Å²) in [5, 5.41) is 0. The van der Waals surface area contributed by atoms with Crippen LogP contribution in [0.3, 0.4) is 0 Å². The molecular weight excluding hydrogens is 127 g/mol. The van der Waals surface area contributed by atoms with Crippen molar-refractivity contribution in [1.29, 1.82) is 0 Å². The van der Waals surface area contributed by atoms with E-state index in [1.807, 2.05) is 0 Å². The molecule has 11 heavy (non-hydrogen) atoms. The molecule has 0 radical (unpaired) electrons. The van der Waals surface area contributed by atoms with Gasteiger partial charge >= 0.3 is 18.9 Å². The average molecular weight is 144 g/mol. The Balaban J connectivity index is 0. The van der Waals surface area contributed by atoms with Gasteiger partial charge in [0.25, 0.3) is 0 Å². The van der Waals surface area contributed by atoms with E-state index in [2.05, 4.69) is 34.6 Å². The Morgan fingerprint density at radius 3 is 1.27 bits per heavy atom. The van der Waals surface area contributed by atoms with E-state index in [-0.39, 0.29) is 20.3 Å². The van der Waals surface area contributed by atoms with Gasteiger partial charge < -0.3 is 1.43 Å². The molecule has 0 amide bonds. The van der Waals surface area contributed by atoms with Crippen molar-refractivity contribution in [2.24, 2.45) is 5.92 Å². The molecule has 0 unspecified atom stereocenters. The second-order valence-electron chi connectivity index (χ2n) is 3.34. The van der Waals surface area contributed by atoms with Crippen molar-refractivity contribution in [1.82, 2.24) is 0 Å². The Hall–Kier alpha value is 0.0774. The van der Waals surface area contributed by atoms with Crippen LogP contribution in [0.15, 0.2) is 22.3 Å². The minimum atomic E-state index is 0. The molecule has 0 aromatic carbocycles. The molecule has 0 atom stereocenters. The number of rotatable bonds is 0. The Labute approximate surface area is 83.4 Å². The van der Waals surface area contributed by atoms with Crippen LogP contribution in [0.1, 0.15) is 36.0 Å². The third-order valence-corrected chi connectivity index (χ3v) is 3.04. The maximum absolute atomic E-state index is 2.28. The van der Waals surface area contributed by atoms with Crippen LogP contribution in [0.25, 0.3) is 0 Å². The number of allylic oxidation sites excluding steroid dienone is 4. The molecule has 0 fully saturated rings. The van der Waals surface area contributed by atoms with Gasteiger partial charge in [-0.2, -0.15) is 0 Å². The van der Waals surface area contributed by atoms with Gasteiger partial charge in [0.1, 0.15) is 0 Å². The van der Waals surface area contributed by atoms with E-state index in [9.17, 15) is 0 Å². The van der Waals surface area contributed by atoms with Gasteiger partial charge in [-0.25, -0.2) is 0 Å². The summed E-state index contributed by atoms with van der Waals surface area (Å²) in [6.07, 6.45) is 0. The average Bonchev–Trinajstić information content (AvgIpc) is 2.07. The van der Waals surface area contributed by atoms with Crippen LogP contribution < -0.4 is 18.9 Å². The van der Waals surface area contributed by atoms with Crippen LogP contribution in [0, 0.1) is 5.92 Å². The molecule has 1 aliphatic carbocycles. The van der Waals surface area contributed by atoms with Gasteiger partial charge in [0.15, 0.2) is 0 Å². The van der Waals surface area contributed by atoms with Gasteiger partial charge in [0, 0.05) is 0 Å². The van der Waals surface area contributed by atoms with E-state index in [1.165, 1.54) is 11.1 Å². The van der Waals surface area contributed by atoms with Gasteiger partial charge in [-0.1, -0.05) is 18.1 Å². The second-order valence-corrected chi connectivity index (χ2v) is 3.34. The molecule has 0 bridgehead atoms. The van der Waals surface area contributed by atoms with E-state index < -0.39 is 0 Å². The third kappa shape index (κ3) is 1.63. The van der Waals surface area contributed by atoms with E-state index in [0.717, 1.165) is 0 Å². The Bertz CT molecular complexity index is 202. The molecular formula is C10H17Li. The fourth-order valence-corrected chi connectivity index (χ4v) is 1.57. The number of hydrogen-bond acceptors (Lipinski definition) is 0. The third-order valence-electron chi connectivity index (χ3n) is 3.04. The minimum absolute atomic E-state index is 0. The van der Waals surface area contributed by atoms with Gasteiger partial charge in [-0.3, -0.25) is 0 Å². The van der Waals surface area contributed by atoms with Crippen molar-refractivity contribution in [2.75, 3.05) is 0 Å².